The van der Waals surface area contributed by atoms with Crippen molar-refractivity contribution in [3.63, 3.8) is 0 Å². The van der Waals surface area contributed by atoms with Crippen LogP contribution in [0.3, 0.4) is 0 Å². The molecular formula is C21H25N5O3S. The summed E-state index contributed by atoms with van der Waals surface area (Å²) in [6, 6.07) is 9.75. The number of benzene rings is 1. The summed E-state index contributed by atoms with van der Waals surface area (Å²) in [6.07, 6.45) is 2.23. The zero-order valence-corrected chi connectivity index (χ0v) is 18.2. The van der Waals surface area contributed by atoms with E-state index < -0.39 is 0 Å². The summed E-state index contributed by atoms with van der Waals surface area (Å²) < 4.78 is 14.7. The number of aromatic nitrogens is 5. The lowest BCUT2D eigenvalue weighted by atomic mass is 10.2. The van der Waals surface area contributed by atoms with Crippen LogP contribution in [0.25, 0.3) is 5.69 Å². The number of aryl methyl sites for hydroxylation is 1. The normalized spacial score (nSPS) is 16.2. The topological polar surface area (TPSA) is 84.1 Å². The second-order valence-corrected chi connectivity index (χ2v) is 8.25. The van der Waals surface area contributed by atoms with E-state index in [0.717, 1.165) is 42.3 Å². The molecule has 3 aromatic rings. The standard InChI is InChI=1S/C21H25N5O3S/c1-14-11-19(15(2)26(14)16-6-8-17(28-3)9-7-16)20(27)13-30-21-22-23-24-25(21)12-18-5-4-10-29-18/h6-9,11,18H,4-5,10,12-13H2,1-3H3/t18-/m0/s1. The van der Waals surface area contributed by atoms with E-state index in [1.807, 2.05) is 44.2 Å². The van der Waals surface area contributed by atoms with Gasteiger partial charge in [0.25, 0.3) is 0 Å². The average Bonchev–Trinajstić information content (AvgIpc) is 3.48. The minimum absolute atomic E-state index is 0.0551. The van der Waals surface area contributed by atoms with Gasteiger partial charge >= 0.3 is 0 Å². The molecule has 0 N–H and O–H groups in total. The van der Waals surface area contributed by atoms with E-state index in [4.69, 9.17) is 9.47 Å². The van der Waals surface area contributed by atoms with E-state index >= 15 is 0 Å². The molecule has 0 spiro atoms. The molecule has 1 aliphatic heterocycles. The molecule has 0 aliphatic carbocycles. The highest BCUT2D eigenvalue weighted by Crippen LogP contribution is 2.25. The molecule has 9 heteroatoms. The maximum atomic E-state index is 13.0. The first-order valence-corrected chi connectivity index (χ1v) is 10.9. The fraction of sp³-hybridized carbons (Fsp3) is 0.429. The number of tetrazole rings is 1. The Kier molecular flexibility index (Phi) is 6.19. The lowest BCUT2D eigenvalue weighted by Crippen LogP contribution is -2.17. The number of carbonyl (C=O) groups excluding carboxylic acids is 1. The summed E-state index contributed by atoms with van der Waals surface area (Å²) in [5, 5.41) is 12.5. The van der Waals surface area contributed by atoms with Gasteiger partial charge in [0.1, 0.15) is 5.75 Å². The van der Waals surface area contributed by atoms with Crippen molar-refractivity contribution in [3.8, 4) is 11.4 Å². The summed E-state index contributed by atoms with van der Waals surface area (Å²) in [4.78, 5) is 13.0. The van der Waals surface area contributed by atoms with Crippen molar-refractivity contribution < 1.29 is 14.3 Å². The van der Waals surface area contributed by atoms with Crippen LogP contribution in [0.15, 0.2) is 35.5 Å². The summed E-state index contributed by atoms with van der Waals surface area (Å²) >= 11 is 1.36. The van der Waals surface area contributed by atoms with E-state index in [1.54, 1.807) is 11.8 Å². The van der Waals surface area contributed by atoms with Crippen LogP contribution in [0.2, 0.25) is 0 Å². The number of Topliss-reactive ketones (excluding diaryl/α,β-unsaturated/α-hetero) is 1. The molecule has 0 saturated carbocycles. The quantitative estimate of drug-likeness (QED) is 0.403. The number of thioether (sulfide) groups is 1. The van der Waals surface area contributed by atoms with Crippen molar-refractivity contribution in [2.75, 3.05) is 19.5 Å². The van der Waals surface area contributed by atoms with E-state index in [0.29, 0.717) is 17.3 Å². The van der Waals surface area contributed by atoms with Crippen molar-refractivity contribution >= 4 is 17.5 Å². The maximum absolute atomic E-state index is 13.0. The van der Waals surface area contributed by atoms with Crippen LogP contribution in [-0.4, -0.2) is 56.1 Å². The number of methoxy groups -OCH3 is 1. The first kappa shape index (κ1) is 20.6. The van der Waals surface area contributed by atoms with Crippen LogP contribution < -0.4 is 4.74 Å². The molecule has 2 aromatic heterocycles. The first-order valence-electron chi connectivity index (χ1n) is 9.94. The monoisotopic (exact) mass is 427 g/mol. The van der Waals surface area contributed by atoms with Gasteiger partial charge in [-0.25, -0.2) is 4.68 Å². The van der Waals surface area contributed by atoms with E-state index in [2.05, 4.69) is 20.1 Å². The molecule has 0 amide bonds. The zero-order chi connectivity index (χ0) is 21.1. The van der Waals surface area contributed by atoms with Crippen molar-refractivity contribution in [1.29, 1.82) is 0 Å². The van der Waals surface area contributed by atoms with Crippen molar-refractivity contribution in [2.45, 2.75) is 44.5 Å². The lowest BCUT2D eigenvalue weighted by Gasteiger charge is -2.11. The van der Waals surface area contributed by atoms with E-state index in [1.165, 1.54) is 11.8 Å². The molecule has 158 valence electrons. The van der Waals surface area contributed by atoms with Crippen LogP contribution >= 0.6 is 11.8 Å². The molecule has 0 unspecified atom stereocenters. The van der Waals surface area contributed by atoms with Crippen LogP contribution in [0.1, 0.15) is 34.6 Å². The summed E-state index contributed by atoms with van der Waals surface area (Å²) in [5.74, 6) is 1.13. The third-order valence-corrected chi connectivity index (χ3v) is 6.25. The minimum atomic E-state index is 0.0551. The lowest BCUT2D eigenvalue weighted by molar-refractivity contribution is 0.0912. The fourth-order valence-corrected chi connectivity index (χ4v) is 4.55. The Balaban J connectivity index is 1.46. The molecule has 30 heavy (non-hydrogen) atoms. The highest BCUT2D eigenvalue weighted by molar-refractivity contribution is 7.99. The Morgan fingerprint density at radius 3 is 2.80 bits per heavy atom. The smallest absolute Gasteiger partial charge is 0.209 e. The fourth-order valence-electron chi connectivity index (χ4n) is 3.78. The second kappa shape index (κ2) is 9.01. The van der Waals surface area contributed by atoms with Gasteiger partial charge in [-0.05, 0) is 67.4 Å². The largest absolute Gasteiger partial charge is 0.497 e. The molecule has 1 saturated heterocycles. The molecule has 4 rings (SSSR count). The summed E-state index contributed by atoms with van der Waals surface area (Å²) in [6.45, 7) is 5.38. The summed E-state index contributed by atoms with van der Waals surface area (Å²) in [5.41, 5.74) is 3.64. The van der Waals surface area contributed by atoms with E-state index in [-0.39, 0.29) is 17.6 Å². The molecule has 3 heterocycles. The van der Waals surface area contributed by atoms with Crippen molar-refractivity contribution in [2.24, 2.45) is 0 Å². The Morgan fingerprint density at radius 2 is 2.10 bits per heavy atom. The van der Waals surface area contributed by atoms with Gasteiger partial charge in [0.2, 0.25) is 5.16 Å². The number of carbonyl (C=O) groups is 1. The van der Waals surface area contributed by atoms with Gasteiger partial charge in [0.15, 0.2) is 5.78 Å². The van der Waals surface area contributed by atoms with E-state index in [9.17, 15) is 4.79 Å². The van der Waals surface area contributed by atoms with Crippen molar-refractivity contribution in [3.05, 3.63) is 47.3 Å². The Morgan fingerprint density at radius 1 is 1.30 bits per heavy atom. The minimum Gasteiger partial charge on any atom is -0.497 e. The summed E-state index contributed by atoms with van der Waals surface area (Å²) in [7, 11) is 1.65. The Labute approximate surface area is 179 Å². The maximum Gasteiger partial charge on any atom is 0.209 e. The first-order chi connectivity index (χ1) is 14.6. The molecule has 1 fully saturated rings. The zero-order valence-electron chi connectivity index (χ0n) is 17.4. The van der Waals surface area contributed by atoms with Crippen molar-refractivity contribution in [1.82, 2.24) is 24.8 Å². The number of nitrogens with zero attached hydrogens (tertiary/aromatic N) is 5. The molecule has 1 aliphatic rings. The van der Waals surface area contributed by atoms with Gasteiger partial charge in [-0.15, -0.1) is 5.10 Å². The van der Waals surface area contributed by atoms with Gasteiger partial charge in [0, 0.05) is 29.2 Å². The van der Waals surface area contributed by atoms with Gasteiger partial charge in [-0.3, -0.25) is 4.79 Å². The SMILES string of the molecule is COc1ccc(-n2c(C)cc(C(=O)CSc3nnnn3C[C@@H]3CCCO3)c2C)cc1. The number of hydrogen-bond donors (Lipinski definition) is 0. The second-order valence-electron chi connectivity index (χ2n) is 7.31. The van der Waals surface area contributed by atoms with Gasteiger partial charge in [-0.1, -0.05) is 11.8 Å². The molecule has 8 nitrogen and oxygen atoms in total. The number of ether oxygens (including phenoxy) is 2. The average molecular weight is 428 g/mol. The molecule has 1 atom stereocenters. The molecule has 0 bridgehead atoms. The third-order valence-electron chi connectivity index (χ3n) is 5.29. The van der Waals surface area contributed by atoms with Gasteiger partial charge in [-0.2, -0.15) is 0 Å². The van der Waals surface area contributed by atoms with Gasteiger partial charge in [0.05, 0.1) is 25.5 Å². The Bertz CT molecular complexity index is 1020. The van der Waals surface area contributed by atoms with Crippen LogP contribution in [0.5, 0.6) is 5.75 Å². The number of hydrogen-bond acceptors (Lipinski definition) is 7. The number of ketones is 1. The highest BCUT2D eigenvalue weighted by Gasteiger charge is 2.21. The van der Waals surface area contributed by atoms with Crippen LogP contribution in [-0.2, 0) is 11.3 Å². The highest BCUT2D eigenvalue weighted by atomic mass is 32.2. The molecule has 0 radical (unpaired) electrons. The van der Waals surface area contributed by atoms with Gasteiger partial charge < -0.3 is 14.0 Å². The third kappa shape index (κ3) is 4.27. The van der Waals surface area contributed by atoms with Crippen LogP contribution in [0, 0.1) is 13.8 Å². The predicted octanol–water partition coefficient (Wildman–Crippen LogP) is 3.24. The molecule has 1 aromatic carbocycles. The van der Waals surface area contributed by atoms with Crippen LogP contribution in [0.4, 0.5) is 0 Å². The Hall–Kier alpha value is -2.65. The number of rotatable bonds is 8. The molecular weight excluding hydrogens is 402 g/mol. The predicted molar refractivity (Wildman–Crippen MR) is 114 cm³/mol.